The number of rotatable bonds is 5. The fourth-order valence-corrected chi connectivity index (χ4v) is 1.70. The van der Waals surface area contributed by atoms with Crippen LogP contribution in [0.2, 0.25) is 0 Å². The molecule has 0 aromatic carbocycles. The van der Waals surface area contributed by atoms with Crippen LogP contribution < -0.4 is 0 Å². The first-order valence-electron chi connectivity index (χ1n) is 5.41. The van der Waals surface area contributed by atoms with E-state index in [1.807, 2.05) is 11.8 Å². The van der Waals surface area contributed by atoms with E-state index < -0.39 is 0 Å². The summed E-state index contributed by atoms with van der Waals surface area (Å²) in [5.41, 5.74) is 0. The molecular formula is C11H22BrNO. The molecule has 0 aromatic heterocycles. The van der Waals surface area contributed by atoms with Crippen molar-refractivity contribution in [3.8, 4) is 0 Å². The van der Waals surface area contributed by atoms with Crippen LogP contribution in [0.5, 0.6) is 0 Å². The lowest BCUT2D eigenvalue weighted by Gasteiger charge is -2.34. The van der Waals surface area contributed by atoms with Gasteiger partial charge in [0.25, 0.3) is 0 Å². The number of carbonyl (C=O) groups is 1. The van der Waals surface area contributed by atoms with E-state index in [9.17, 15) is 4.79 Å². The molecule has 0 unspecified atom stereocenters. The number of nitrogens with zero attached hydrogens (tertiary/aromatic N) is 1. The molecule has 0 rings (SSSR count). The maximum atomic E-state index is 11.9. The first-order valence-corrected chi connectivity index (χ1v) is 6.33. The number of halogens is 1. The van der Waals surface area contributed by atoms with E-state index in [-0.39, 0.29) is 10.7 Å². The van der Waals surface area contributed by atoms with Crippen molar-refractivity contribution < 1.29 is 4.79 Å². The minimum absolute atomic E-state index is 0.0782. The summed E-state index contributed by atoms with van der Waals surface area (Å²) >= 11 is 3.34. The molecule has 3 atom stereocenters. The third-order valence-electron chi connectivity index (χ3n) is 2.73. The lowest BCUT2D eigenvalue weighted by Crippen LogP contribution is -2.46. The van der Waals surface area contributed by atoms with E-state index in [4.69, 9.17) is 0 Å². The highest BCUT2D eigenvalue weighted by molar-refractivity contribution is 9.10. The minimum atomic E-state index is -0.0782. The normalized spacial score (nSPS) is 17.3. The Labute approximate surface area is 96.2 Å². The van der Waals surface area contributed by atoms with Crippen molar-refractivity contribution in [1.29, 1.82) is 0 Å². The fraction of sp³-hybridized carbons (Fsp3) is 0.909. The van der Waals surface area contributed by atoms with Gasteiger partial charge < -0.3 is 4.90 Å². The predicted molar refractivity (Wildman–Crippen MR) is 64.7 cm³/mol. The second-order valence-corrected chi connectivity index (χ2v) is 5.25. The molecular weight excluding hydrogens is 242 g/mol. The maximum absolute atomic E-state index is 11.9. The molecule has 0 saturated heterocycles. The van der Waals surface area contributed by atoms with Gasteiger partial charge in [0.05, 0.1) is 4.83 Å². The van der Waals surface area contributed by atoms with Crippen LogP contribution in [0.25, 0.3) is 0 Å². The van der Waals surface area contributed by atoms with E-state index >= 15 is 0 Å². The Balaban J connectivity index is 4.63. The monoisotopic (exact) mass is 263 g/mol. The molecule has 84 valence electrons. The number of alkyl halides is 1. The van der Waals surface area contributed by atoms with E-state index in [2.05, 4.69) is 43.6 Å². The molecule has 0 heterocycles. The zero-order valence-electron chi connectivity index (χ0n) is 9.88. The highest BCUT2D eigenvalue weighted by atomic mass is 79.9. The van der Waals surface area contributed by atoms with Gasteiger partial charge >= 0.3 is 0 Å². The number of amides is 1. The molecule has 0 aliphatic carbocycles. The quantitative estimate of drug-likeness (QED) is 0.698. The van der Waals surface area contributed by atoms with E-state index in [1.54, 1.807) is 0 Å². The summed E-state index contributed by atoms with van der Waals surface area (Å²) in [6.45, 7) is 10.3. The Kier molecular flexibility index (Phi) is 6.41. The summed E-state index contributed by atoms with van der Waals surface area (Å²) in [6.07, 6.45) is 2.02. The average molecular weight is 264 g/mol. The van der Waals surface area contributed by atoms with E-state index in [0.29, 0.717) is 12.1 Å². The Morgan fingerprint density at radius 1 is 1.14 bits per heavy atom. The van der Waals surface area contributed by atoms with Gasteiger partial charge in [0, 0.05) is 12.1 Å². The number of hydrogen-bond donors (Lipinski definition) is 0. The first-order chi connectivity index (χ1) is 6.45. The van der Waals surface area contributed by atoms with E-state index in [0.717, 1.165) is 12.8 Å². The van der Waals surface area contributed by atoms with Crippen molar-refractivity contribution in [2.75, 3.05) is 0 Å². The van der Waals surface area contributed by atoms with Crippen molar-refractivity contribution in [2.45, 2.75) is 64.4 Å². The summed E-state index contributed by atoms with van der Waals surface area (Å²) < 4.78 is 0. The van der Waals surface area contributed by atoms with Crippen LogP contribution in [-0.2, 0) is 4.79 Å². The fourth-order valence-electron chi connectivity index (χ4n) is 1.47. The highest BCUT2D eigenvalue weighted by Gasteiger charge is 2.25. The Bertz CT molecular complexity index is 172. The third-order valence-corrected chi connectivity index (χ3v) is 3.12. The van der Waals surface area contributed by atoms with E-state index in [1.165, 1.54) is 0 Å². The van der Waals surface area contributed by atoms with Gasteiger partial charge in [-0.3, -0.25) is 4.79 Å². The standard InChI is InChI=1S/C11H22BrNO/c1-6-8(3)13(9(4)7-2)11(14)10(5)12/h8-10H,6-7H2,1-5H3/t8-,9-,10+/m0/s1. The van der Waals surface area contributed by atoms with Crippen molar-refractivity contribution in [2.24, 2.45) is 0 Å². The van der Waals surface area contributed by atoms with Gasteiger partial charge in [0.2, 0.25) is 5.91 Å². The predicted octanol–water partition coefficient (Wildman–Crippen LogP) is 3.20. The number of carbonyl (C=O) groups excluding carboxylic acids is 1. The Morgan fingerprint density at radius 3 is 1.71 bits per heavy atom. The van der Waals surface area contributed by atoms with Gasteiger partial charge in [-0.05, 0) is 33.6 Å². The van der Waals surface area contributed by atoms with Gasteiger partial charge in [-0.25, -0.2) is 0 Å². The topological polar surface area (TPSA) is 20.3 Å². The molecule has 0 bridgehead atoms. The molecule has 0 spiro atoms. The lowest BCUT2D eigenvalue weighted by molar-refractivity contribution is -0.134. The van der Waals surface area contributed by atoms with Crippen LogP contribution in [0.3, 0.4) is 0 Å². The summed E-state index contributed by atoms with van der Waals surface area (Å²) in [5, 5.41) is 0. The number of hydrogen-bond acceptors (Lipinski definition) is 1. The second-order valence-electron chi connectivity index (χ2n) is 3.88. The van der Waals surface area contributed by atoms with Crippen molar-refractivity contribution in [3.63, 3.8) is 0 Å². The molecule has 0 radical (unpaired) electrons. The lowest BCUT2D eigenvalue weighted by atomic mass is 10.1. The van der Waals surface area contributed by atoms with Gasteiger partial charge in [-0.2, -0.15) is 0 Å². The van der Waals surface area contributed by atoms with Crippen LogP contribution in [0.1, 0.15) is 47.5 Å². The first kappa shape index (κ1) is 13.9. The summed E-state index contributed by atoms with van der Waals surface area (Å²) in [6, 6.07) is 0.662. The largest absolute Gasteiger partial charge is 0.336 e. The molecule has 0 saturated carbocycles. The summed E-state index contributed by atoms with van der Waals surface area (Å²) in [5.74, 6) is 0.203. The summed E-state index contributed by atoms with van der Waals surface area (Å²) in [4.78, 5) is 13.8. The van der Waals surface area contributed by atoms with Gasteiger partial charge in [-0.1, -0.05) is 29.8 Å². The van der Waals surface area contributed by atoms with Gasteiger partial charge in [0.15, 0.2) is 0 Å². The molecule has 0 fully saturated rings. The molecule has 2 nitrogen and oxygen atoms in total. The average Bonchev–Trinajstić information content (AvgIpc) is 2.16. The highest BCUT2D eigenvalue weighted by Crippen LogP contribution is 2.15. The third kappa shape index (κ3) is 3.60. The van der Waals surface area contributed by atoms with Crippen molar-refractivity contribution in [1.82, 2.24) is 4.90 Å². The van der Waals surface area contributed by atoms with Crippen LogP contribution in [0.15, 0.2) is 0 Å². The second kappa shape index (κ2) is 6.44. The van der Waals surface area contributed by atoms with Crippen LogP contribution in [0, 0.1) is 0 Å². The zero-order chi connectivity index (χ0) is 11.3. The SMILES string of the molecule is CC[C@H](C)N(C(=O)[C@@H](C)Br)[C@@H](C)CC. The molecule has 3 heteroatoms. The molecule has 0 aromatic rings. The van der Waals surface area contributed by atoms with Crippen LogP contribution >= 0.6 is 15.9 Å². The molecule has 1 amide bonds. The maximum Gasteiger partial charge on any atom is 0.236 e. The smallest absolute Gasteiger partial charge is 0.236 e. The van der Waals surface area contributed by atoms with Crippen molar-refractivity contribution >= 4 is 21.8 Å². The summed E-state index contributed by atoms with van der Waals surface area (Å²) in [7, 11) is 0. The van der Waals surface area contributed by atoms with Gasteiger partial charge in [0.1, 0.15) is 0 Å². The molecule has 0 aliphatic heterocycles. The van der Waals surface area contributed by atoms with Gasteiger partial charge in [-0.15, -0.1) is 0 Å². The molecule has 0 N–H and O–H groups in total. The Hall–Kier alpha value is -0.0500. The van der Waals surface area contributed by atoms with Crippen LogP contribution in [-0.4, -0.2) is 27.7 Å². The minimum Gasteiger partial charge on any atom is -0.336 e. The molecule has 14 heavy (non-hydrogen) atoms. The van der Waals surface area contributed by atoms with Crippen molar-refractivity contribution in [3.05, 3.63) is 0 Å². The zero-order valence-corrected chi connectivity index (χ0v) is 11.5. The van der Waals surface area contributed by atoms with Crippen LogP contribution in [0.4, 0.5) is 0 Å². The molecule has 0 aliphatic rings. The Morgan fingerprint density at radius 2 is 1.50 bits per heavy atom.